The summed E-state index contributed by atoms with van der Waals surface area (Å²) >= 11 is 1.68. The van der Waals surface area contributed by atoms with Crippen molar-refractivity contribution in [1.82, 2.24) is 0 Å². The van der Waals surface area contributed by atoms with Gasteiger partial charge < -0.3 is 15.0 Å². The van der Waals surface area contributed by atoms with E-state index in [1.807, 2.05) is 31.3 Å². The van der Waals surface area contributed by atoms with Crippen LogP contribution in [0.5, 0.6) is 5.75 Å². The van der Waals surface area contributed by atoms with Crippen LogP contribution in [0.15, 0.2) is 41.1 Å². The molecule has 0 spiro atoms. The van der Waals surface area contributed by atoms with Crippen LogP contribution in [-0.2, 0) is 11.3 Å². The number of amides is 1. The molecule has 0 fully saturated rings. The highest BCUT2D eigenvalue weighted by Crippen LogP contribution is 2.14. The highest BCUT2D eigenvalue weighted by molar-refractivity contribution is 7.07. The maximum absolute atomic E-state index is 11.9. The highest BCUT2D eigenvalue weighted by atomic mass is 32.1. The number of methoxy groups -OCH3 is 1. The largest absolute Gasteiger partial charge is 0.497 e. The molecule has 2 N–H and O–H groups in total. The molecule has 1 unspecified atom stereocenters. The molecule has 0 saturated carbocycles. The summed E-state index contributed by atoms with van der Waals surface area (Å²) in [7, 11) is 3.64. The van der Waals surface area contributed by atoms with Crippen molar-refractivity contribution < 1.29 is 14.4 Å². The van der Waals surface area contributed by atoms with Gasteiger partial charge in [-0.15, -0.1) is 0 Å². The van der Waals surface area contributed by atoms with Crippen molar-refractivity contribution >= 4 is 22.9 Å². The van der Waals surface area contributed by atoms with Gasteiger partial charge in [0.15, 0.2) is 6.54 Å². The van der Waals surface area contributed by atoms with E-state index in [4.69, 9.17) is 4.74 Å². The van der Waals surface area contributed by atoms with E-state index in [2.05, 4.69) is 22.1 Å². The molecule has 1 aromatic heterocycles. The Morgan fingerprint density at radius 3 is 2.65 bits per heavy atom. The Balaban J connectivity index is 1.82. The first-order valence-electron chi connectivity index (χ1n) is 6.43. The maximum Gasteiger partial charge on any atom is 0.279 e. The van der Waals surface area contributed by atoms with Crippen LogP contribution in [0.4, 0.5) is 5.69 Å². The number of quaternary nitrogens is 1. The summed E-state index contributed by atoms with van der Waals surface area (Å²) in [6.45, 7) is 1.31. The zero-order chi connectivity index (χ0) is 14.4. The normalized spacial score (nSPS) is 11.9. The van der Waals surface area contributed by atoms with Crippen LogP contribution in [0.2, 0.25) is 0 Å². The van der Waals surface area contributed by atoms with E-state index in [1.165, 1.54) is 5.56 Å². The van der Waals surface area contributed by atoms with Crippen LogP contribution in [-0.4, -0.2) is 26.6 Å². The fourth-order valence-electron chi connectivity index (χ4n) is 1.96. The summed E-state index contributed by atoms with van der Waals surface area (Å²) in [5.74, 6) is 0.797. The third-order valence-electron chi connectivity index (χ3n) is 2.92. The van der Waals surface area contributed by atoms with Gasteiger partial charge in [-0.1, -0.05) is 0 Å². The average molecular weight is 291 g/mol. The molecule has 0 radical (unpaired) electrons. The number of thiophene rings is 1. The number of rotatable bonds is 6. The smallest absolute Gasteiger partial charge is 0.279 e. The molecule has 1 amide bonds. The Hall–Kier alpha value is -1.85. The third kappa shape index (κ3) is 4.36. The topological polar surface area (TPSA) is 42.8 Å². The molecule has 0 bridgehead atoms. The first-order valence-corrected chi connectivity index (χ1v) is 7.38. The summed E-state index contributed by atoms with van der Waals surface area (Å²) in [5.41, 5.74) is 2.06. The minimum atomic E-state index is 0.0166. The van der Waals surface area contributed by atoms with E-state index in [-0.39, 0.29) is 5.91 Å². The Morgan fingerprint density at radius 1 is 1.30 bits per heavy atom. The van der Waals surface area contributed by atoms with Gasteiger partial charge in [0.1, 0.15) is 12.3 Å². The van der Waals surface area contributed by atoms with E-state index in [0.29, 0.717) is 6.54 Å². The minimum Gasteiger partial charge on any atom is -0.497 e. The summed E-state index contributed by atoms with van der Waals surface area (Å²) in [5, 5.41) is 7.06. The van der Waals surface area contributed by atoms with Crippen molar-refractivity contribution in [2.75, 3.05) is 26.0 Å². The molecule has 0 aliphatic carbocycles. The predicted molar refractivity (Wildman–Crippen MR) is 81.4 cm³/mol. The van der Waals surface area contributed by atoms with E-state index in [1.54, 1.807) is 18.4 Å². The van der Waals surface area contributed by atoms with E-state index in [0.717, 1.165) is 22.9 Å². The molecule has 2 rings (SSSR count). The van der Waals surface area contributed by atoms with Crippen LogP contribution in [0.1, 0.15) is 5.56 Å². The standard InChI is InChI=1S/C15H18N2O2S/c1-17(9-12-7-8-20-11-12)10-15(18)16-13-3-5-14(19-2)6-4-13/h3-8,11H,9-10H2,1-2H3,(H,16,18)/p+1. The molecule has 1 atom stereocenters. The Labute approximate surface area is 123 Å². The molecule has 20 heavy (non-hydrogen) atoms. The van der Waals surface area contributed by atoms with Crippen LogP contribution in [0.25, 0.3) is 0 Å². The van der Waals surface area contributed by atoms with Crippen molar-refractivity contribution in [2.45, 2.75) is 6.54 Å². The number of nitrogens with one attached hydrogen (secondary N) is 2. The number of ether oxygens (including phenoxy) is 1. The molecule has 4 nitrogen and oxygen atoms in total. The number of benzene rings is 1. The molecular formula is C15H19N2O2S+. The lowest BCUT2D eigenvalue weighted by atomic mass is 10.3. The third-order valence-corrected chi connectivity index (χ3v) is 3.65. The fourth-order valence-corrected chi connectivity index (χ4v) is 2.63. The molecule has 0 saturated heterocycles. The predicted octanol–water partition coefficient (Wildman–Crippen LogP) is 1.41. The molecule has 0 aliphatic rings. The summed E-state index contributed by atoms with van der Waals surface area (Å²) in [4.78, 5) is 13.1. The van der Waals surface area contributed by atoms with Crippen LogP contribution >= 0.6 is 11.3 Å². The SMILES string of the molecule is COc1ccc(NC(=O)C[NH+](C)Cc2ccsc2)cc1. The Morgan fingerprint density at radius 2 is 2.05 bits per heavy atom. The number of anilines is 1. The van der Waals surface area contributed by atoms with Gasteiger partial charge in [-0.05, 0) is 41.1 Å². The molecule has 0 aliphatic heterocycles. The molecule has 106 valence electrons. The minimum absolute atomic E-state index is 0.0166. The number of carbonyl (C=O) groups is 1. The molecule has 1 heterocycles. The first-order chi connectivity index (χ1) is 9.67. The van der Waals surface area contributed by atoms with Gasteiger partial charge >= 0.3 is 0 Å². The second-order valence-corrected chi connectivity index (χ2v) is 5.50. The second-order valence-electron chi connectivity index (χ2n) is 4.72. The van der Waals surface area contributed by atoms with Gasteiger partial charge in [0, 0.05) is 11.3 Å². The Kier molecular flexibility index (Phi) is 5.15. The van der Waals surface area contributed by atoms with Crippen molar-refractivity contribution in [3.63, 3.8) is 0 Å². The van der Waals surface area contributed by atoms with E-state index < -0.39 is 0 Å². The van der Waals surface area contributed by atoms with Crippen LogP contribution in [0, 0.1) is 0 Å². The van der Waals surface area contributed by atoms with Gasteiger partial charge in [0.25, 0.3) is 5.91 Å². The maximum atomic E-state index is 11.9. The van der Waals surface area contributed by atoms with Gasteiger partial charge in [0.2, 0.25) is 0 Å². The monoisotopic (exact) mass is 291 g/mol. The van der Waals surface area contributed by atoms with E-state index in [9.17, 15) is 4.79 Å². The molecule has 2 aromatic rings. The van der Waals surface area contributed by atoms with Crippen molar-refractivity contribution in [3.8, 4) is 5.75 Å². The number of hydrogen-bond donors (Lipinski definition) is 2. The highest BCUT2D eigenvalue weighted by Gasteiger charge is 2.11. The quantitative estimate of drug-likeness (QED) is 0.845. The number of likely N-dealkylation sites (N-methyl/N-ethyl adjacent to an activating group) is 1. The zero-order valence-corrected chi connectivity index (χ0v) is 12.5. The fraction of sp³-hybridized carbons (Fsp3) is 0.267. The van der Waals surface area contributed by atoms with E-state index >= 15 is 0 Å². The van der Waals surface area contributed by atoms with Crippen molar-refractivity contribution in [1.29, 1.82) is 0 Å². The Bertz CT molecular complexity index is 538. The van der Waals surface area contributed by atoms with Gasteiger partial charge in [-0.3, -0.25) is 4.79 Å². The van der Waals surface area contributed by atoms with Gasteiger partial charge in [-0.25, -0.2) is 0 Å². The van der Waals surface area contributed by atoms with Crippen molar-refractivity contribution in [2.24, 2.45) is 0 Å². The van der Waals surface area contributed by atoms with Crippen LogP contribution in [0.3, 0.4) is 0 Å². The summed E-state index contributed by atoms with van der Waals surface area (Å²) in [6, 6.07) is 9.43. The first kappa shape index (κ1) is 14.6. The van der Waals surface area contributed by atoms with Crippen molar-refractivity contribution in [3.05, 3.63) is 46.7 Å². The average Bonchev–Trinajstić information content (AvgIpc) is 2.92. The van der Waals surface area contributed by atoms with Gasteiger partial charge in [0.05, 0.1) is 14.2 Å². The number of hydrogen-bond acceptors (Lipinski definition) is 3. The lowest BCUT2D eigenvalue weighted by Crippen LogP contribution is -3.08. The lowest BCUT2D eigenvalue weighted by Gasteiger charge is -2.13. The zero-order valence-electron chi connectivity index (χ0n) is 11.7. The molecule has 5 heteroatoms. The molecular weight excluding hydrogens is 272 g/mol. The summed E-state index contributed by atoms with van der Waals surface area (Å²) < 4.78 is 5.08. The lowest BCUT2D eigenvalue weighted by molar-refractivity contribution is -0.885. The molecule has 1 aromatic carbocycles. The van der Waals surface area contributed by atoms with Gasteiger partial charge in [-0.2, -0.15) is 11.3 Å². The number of carbonyl (C=O) groups excluding carboxylic acids is 1. The van der Waals surface area contributed by atoms with Crippen LogP contribution < -0.4 is 15.0 Å². The summed E-state index contributed by atoms with van der Waals surface area (Å²) in [6.07, 6.45) is 0. The second kappa shape index (κ2) is 7.07.